The summed E-state index contributed by atoms with van der Waals surface area (Å²) < 4.78 is 18.1. The molecule has 1 saturated carbocycles. The van der Waals surface area contributed by atoms with Crippen molar-refractivity contribution >= 4 is 0 Å². The largest absolute Gasteiger partial charge is 0.366 e. The second-order valence-corrected chi connectivity index (χ2v) is 6.86. The van der Waals surface area contributed by atoms with Crippen molar-refractivity contribution < 1.29 is 14.2 Å². The van der Waals surface area contributed by atoms with Crippen molar-refractivity contribution in [2.45, 2.75) is 57.8 Å². The molecule has 0 aromatic rings. The second kappa shape index (κ2) is 7.12. The van der Waals surface area contributed by atoms with Crippen molar-refractivity contribution in [1.29, 1.82) is 0 Å². The maximum Gasteiger partial charge on any atom is 0.163 e. The molecule has 1 fully saturated rings. The van der Waals surface area contributed by atoms with Crippen LogP contribution in [-0.4, -0.2) is 31.2 Å². The van der Waals surface area contributed by atoms with E-state index in [1.165, 1.54) is 24.0 Å². The van der Waals surface area contributed by atoms with Crippen LogP contribution in [0.5, 0.6) is 0 Å². The third-order valence-corrected chi connectivity index (χ3v) is 4.79. The Balaban J connectivity index is 2.33. The fourth-order valence-electron chi connectivity index (χ4n) is 3.64. The van der Waals surface area contributed by atoms with Gasteiger partial charge in [0.25, 0.3) is 0 Å². The van der Waals surface area contributed by atoms with E-state index < -0.39 is 5.79 Å². The molecule has 0 aromatic heterocycles. The molecule has 22 heavy (non-hydrogen) atoms. The van der Waals surface area contributed by atoms with Crippen LogP contribution in [0.25, 0.3) is 0 Å². The molecule has 1 heterocycles. The summed E-state index contributed by atoms with van der Waals surface area (Å²) in [5.74, 6) is -0.220. The van der Waals surface area contributed by atoms with Crippen molar-refractivity contribution in [2.75, 3.05) is 19.8 Å². The lowest BCUT2D eigenvalue weighted by Gasteiger charge is -2.46. The molecule has 0 unspecified atom stereocenters. The highest BCUT2D eigenvalue weighted by Gasteiger charge is 2.45. The van der Waals surface area contributed by atoms with Gasteiger partial charge < -0.3 is 14.2 Å². The Morgan fingerprint density at radius 3 is 2.86 bits per heavy atom. The molecule has 124 valence electrons. The van der Waals surface area contributed by atoms with Crippen LogP contribution in [0.3, 0.4) is 0 Å². The van der Waals surface area contributed by atoms with Gasteiger partial charge in [-0.05, 0) is 39.2 Å². The van der Waals surface area contributed by atoms with E-state index in [1.807, 2.05) is 19.9 Å². The molecule has 2 rings (SSSR count). The zero-order chi connectivity index (χ0) is 16.2. The summed E-state index contributed by atoms with van der Waals surface area (Å²) in [4.78, 5) is 0. The molecule has 0 radical (unpaired) electrons. The van der Waals surface area contributed by atoms with Crippen LogP contribution in [0.15, 0.2) is 36.5 Å². The molecule has 2 atom stereocenters. The van der Waals surface area contributed by atoms with Crippen LogP contribution in [0.1, 0.15) is 46.5 Å². The van der Waals surface area contributed by atoms with Crippen molar-refractivity contribution in [3.8, 4) is 0 Å². The summed E-state index contributed by atoms with van der Waals surface area (Å²) in [5, 5.41) is 0. The van der Waals surface area contributed by atoms with Gasteiger partial charge in [0.15, 0.2) is 5.79 Å². The van der Waals surface area contributed by atoms with E-state index in [2.05, 4.69) is 26.2 Å². The summed E-state index contributed by atoms with van der Waals surface area (Å²) in [6.07, 6.45) is 8.50. The number of ether oxygens (including phenoxy) is 3. The monoisotopic (exact) mass is 306 g/mol. The highest BCUT2D eigenvalue weighted by atomic mass is 16.7. The average molecular weight is 306 g/mol. The molecule has 0 N–H and O–H groups in total. The van der Waals surface area contributed by atoms with Gasteiger partial charge in [0.05, 0.1) is 25.4 Å². The minimum Gasteiger partial charge on any atom is -0.366 e. The topological polar surface area (TPSA) is 27.7 Å². The zero-order valence-corrected chi connectivity index (χ0v) is 14.3. The maximum absolute atomic E-state index is 6.37. The molecule has 0 amide bonds. The molecule has 1 aliphatic heterocycles. The molecule has 3 nitrogen and oxygen atoms in total. The first kappa shape index (κ1) is 17.5. The Bertz CT molecular complexity index is 450. The van der Waals surface area contributed by atoms with Crippen LogP contribution in [0.4, 0.5) is 0 Å². The fourth-order valence-corrected chi connectivity index (χ4v) is 3.64. The Hall–Kier alpha value is -0.900. The summed E-state index contributed by atoms with van der Waals surface area (Å²) in [5.41, 5.74) is 2.07. The van der Waals surface area contributed by atoms with Crippen molar-refractivity contribution in [1.82, 2.24) is 0 Å². The Labute approximate surface area is 135 Å². The smallest absolute Gasteiger partial charge is 0.163 e. The zero-order valence-electron chi connectivity index (χ0n) is 14.3. The molecule has 0 aromatic carbocycles. The lowest BCUT2D eigenvalue weighted by Crippen LogP contribution is -2.47. The summed E-state index contributed by atoms with van der Waals surface area (Å²) >= 11 is 0. The minimum atomic E-state index is -0.550. The highest BCUT2D eigenvalue weighted by Crippen LogP contribution is 2.46. The molecule has 1 aliphatic carbocycles. The maximum atomic E-state index is 6.37. The first-order chi connectivity index (χ1) is 10.4. The van der Waals surface area contributed by atoms with Gasteiger partial charge in [-0.1, -0.05) is 37.1 Å². The molecule has 0 spiro atoms. The molecular formula is C19H30O3. The van der Waals surface area contributed by atoms with E-state index in [9.17, 15) is 0 Å². The average Bonchev–Trinajstić information content (AvgIpc) is 2.66. The summed E-state index contributed by atoms with van der Waals surface area (Å²) in [6.45, 7) is 15.7. The Morgan fingerprint density at radius 1 is 1.41 bits per heavy atom. The van der Waals surface area contributed by atoms with Gasteiger partial charge in [0.2, 0.25) is 0 Å². The van der Waals surface area contributed by atoms with E-state index in [1.54, 1.807) is 0 Å². The highest BCUT2D eigenvalue weighted by molar-refractivity contribution is 5.27. The predicted octanol–water partition coefficient (Wildman–Crippen LogP) is 4.40. The van der Waals surface area contributed by atoms with Gasteiger partial charge in [0, 0.05) is 5.92 Å². The van der Waals surface area contributed by atoms with E-state index in [0.717, 1.165) is 12.8 Å². The summed E-state index contributed by atoms with van der Waals surface area (Å²) in [7, 11) is 0. The van der Waals surface area contributed by atoms with Gasteiger partial charge in [-0.3, -0.25) is 0 Å². The Morgan fingerprint density at radius 2 is 2.18 bits per heavy atom. The second-order valence-electron chi connectivity index (χ2n) is 6.86. The first-order valence-electron chi connectivity index (χ1n) is 8.29. The van der Waals surface area contributed by atoms with Gasteiger partial charge in [0.1, 0.15) is 0 Å². The van der Waals surface area contributed by atoms with Gasteiger partial charge in [-0.2, -0.15) is 0 Å². The van der Waals surface area contributed by atoms with Crippen LogP contribution in [0.2, 0.25) is 0 Å². The van der Waals surface area contributed by atoms with Gasteiger partial charge in [-0.15, -0.1) is 6.58 Å². The van der Waals surface area contributed by atoms with Crippen LogP contribution < -0.4 is 0 Å². The van der Waals surface area contributed by atoms with Crippen molar-refractivity contribution in [3.05, 3.63) is 36.5 Å². The number of rotatable bonds is 5. The lowest BCUT2D eigenvalue weighted by atomic mass is 9.68. The van der Waals surface area contributed by atoms with Gasteiger partial charge in [-0.25, -0.2) is 0 Å². The van der Waals surface area contributed by atoms with Crippen molar-refractivity contribution in [2.24, 2.45) is 5.92 Å². The third kappa shape index (κ3) is 3.70. The molecular weight excluding hydrogens is 276 g/mol. The van der Waals surface area contributed by atoms with E-state index >= 15 is 0 Å². The Kier molecular flexibility index (Phi) is 5.65. The number of hydrogen-bond donors (Lipinski definition) is 0. The normalized spacial score (nSPS) is 32.0. The first-order valence-corrected chi connectivity index (χ1v) is 8.29. The molecule has 2 aliphatic rings. The summed E-state index contributed by atoms with van der Waals surface area (Å²) in [6, 6.07) is 0. The SMILES string of the molecule is C=CCO[C@@]1(C2=CCOC(C)(C)OC2)CCCC[C@H]1C(=C)C. The quantitative estimate of drug-likeness (QED) is 0.704. The van der Waals surface area contributed by atoms with Crippen LogP contribution in [0, 0.1) is 5.92 Å². The van der Waals surface area contributed by atoms with Crippen LogP contribution >= 0.6 is 0 Å². The number of hydrogen-bond acceptors (Lipinski definition) is 3. The minimum absolute atomic E-state index is 0.317. The lowest BCUT2D eigenvalue weighted by molar-refractivity contribution is -0.199. The van der Waals surface area contributed by atoms with Crippen molar-refractivity contribution in [3.63, 3.8) is 0 Å². The van der Waals surface area contributed by atoms with E-state index in [0.29, 0.717) is 25.7 Å². The van der Waals surface area contributed by atoms with E-state index in [-0.39, 0.29) is 5.60 Å². The van der Waals surface area contributed by atoms with Crippen LogP contribution in [-0.2, 0) is 14.2 Å². The van der Waals surface area contributed by atoms with Gasteiger partial charge >= 0.3 is 0 Å². The molecule has 0 saturated heterocycles. The van der Waals surface area contributed by atoms with E-state index in [4.69, 9.17) is 14.2 Å². The predicted molar refractivity (Wildman–Crippen MR) is 89.7 cm³/mol. The third-order valence-electron chi connectivity index (χ3n) is 4.79. The fraction of sp³-hybridized carbons (Fsp3) is 0.684. The molecule has 3 heteroatoms. The molecule has 0 bridgehead atoms. The standard InChI is InChI=1S/C19H30O3/c1-6-12-21-19(11-8-7-9-17(19)15(2)3)16-10-13-20-18(4,5)22-14-16/h6,10,17H,1-2,7-9,11-14H2,3-5H3/t17-,19+/m0/s1.